The Labute approximate surface area is 213 Å². The SMILES string of the molecule is CCCCCCCCN(CCCCCCCC)Cc1ccc(OC(C)=O)c(/C(C)=N/OC(C)=O)c1. The smallest absolute Gasteiger partial charge is 0.331 e. The first-order chi connectivity index (χ1) is 16.9. The number of carbonyl (C=O) groups excluding carboxylic acids is 2. The first kappa shape index (κ1) is 30.8. The van der Waals surface area contributed by atoms with Gasteiger partial charge in [0.15, 0.2) is 0 Å². The molecule has 0 saturated heterocycles. The molecule has 0 fully saturated rings. The molecule has 0 aliphatic rings. The molecule has 0 unspecified atom stereocenters. The summed E-state index contributed by atoms with van der Waals surface area (Å²) in [6.45, 7) is 11.9. The Bertz CT molecular complexity index is 760. The van der Waals surface area contributed by atoms with E-state index in [0.717, 1.165) is 25.2 Å². The summed E-state index contributed by atoms with van der Waals surface area (Å²) >= 11 is 0. The number of benzene rings is 1. The second-order valence-corrected chi connectivity index (χ2v) is 9.50. The van der Waals surface area contributed by atoms with Gasteiger partial charge in [-0.3, -0.25) is 9.69 Å². The fraction of sp³-hybridized carbons (Fsp3) is 0.690. The van der Waals surface area contributed by atoms with Crippen LogP contribution in [-0.4, -0.2) is 35.6 Å². The van der Waals surface area contributed by atoms with Gasteiger partial charge in [-0.05, 0) is 50.6 Å². The molecule has 6 heteroatoms. The van der Waals surface area contributed by atoms with E-state index < -0.39 is 11.9 Å². The van der Waals surface area contributed by atoms with Crippen molar-refractivity contribution in [2.24, 2.45) is 5.16 Å². The minimum Gasteiger partial charge on any atom is -0.426 e. The first-order valence-electron chi connectivity index (χ1n) is 13.6. The topological polar surface area (TPSA) is 68.2 Å². The number of ether oxygens (including phenoxy) is 1. The molecule has 198 valence electrons. The van der Waals surface area contributed by atoms with Crippen molar-refractivity contribution in [2.75, 3.05) is 13.1 Å². The van der Waals surface area contributed by atoms with Crippen LogP contribution in [0.5, 0.6) is 5.75 Å². The van der Waals surface area contributed by atoms with Crippen LogP contribution in [-0.2, 0) is 21.0 Å². The molecule has 0 aromatic heterocycles. The maximum Gasteiger partial charge on any atom is 0.331 e. The average Bonchev–Trinajstić information content (AvgIpc) is 2.82. The zero-order valence-corrected chi connectivity index (χ0v) is 22.9. The average molecular weight is 489 g/mol. The Morgan fingerprint density at radius 3 is 1.83 bits per heavy atom. The van der Waals surface area contributed by atoms with E-state index in [2.05, 4.69) is 23.9 Å². The van der Waals surface area contributed by atoms with Crippen molar-refractivity contribution in [3.63, 3.8) is 0 Å². The van der Waals surface area contributed by atoms with Gasteiger partial charge in [-0.25, -0.2) is 4.79 Å². The Morgan fingerprint density at radius 1 is 0.771 bits per heavy atom. The van der Waals surface area contributed by atoms with Crippen LogP contribution in [0.4, 0.5) is 0 Å². The van der Waals surface area contributed by atoms with E-state index in [4.69, 9.17) is 9.57 Å². The van der Waals surface area contributed by atoms with Gasteiger partial charge in [-0.1, -0.05) is 89.3 Å². The van der Waals surface area contributed by atoms with Gasteiger partial charge in [-0.2, -0.15) is 0 Å². The summed E-state index contributed by atoms with van der Waals surface area (Å²) in [7, 11) is 0. The highest BCUT2D eigenvalue weighted by atomic mass is 16.7. The third kappa shape index (κ3) is 14.7. The van der Waals surface area contributed by atoms with E-state index in [9.17, 15) is 9.59 Å². The van der Waals surface area contributed by atoms with Crippen molar-refractivity contribution < 1.29 is 19.2 Å². The summed E-state index contributed by atoms with van der Waals surface area (Å²) < 4.78 is 5.38. The predicted molar refractivity (Wildman–Crippen MR) is 144 cm³/mol. The van der Waals surface area contributed by atoms with Gasteiger partial charge in [0, 0.05) is 26.0 Å². The summed E-state index contributed by atoms with van der Waals surface area (Å²) in [4.78, 5) is 30.2. The van der Waals surface area contributed by atoms with Crippen LogP contribution in [0.1, 0.15) is 123 Å². The van der Waals surface area contributed by atoms with E-state index in [-0.39, 0.29) is 0 Å². The molecular weight excluding hydrogens is 440 g/mol. The number of esters is 1. The fourth-order valence-electron chi connectivity index (χ4n) is 4.14. The lowest BCUT2D eigenvalue weighted by molar-refractivity contribution is -0.141. The van der Waals surface area contributed by atoms with Crippen molar-refractivity contribution in [2.45, 2.75) is 118 Å². The molecule has 0 atom stereocenters. The molecule has 6 nitrogen and oxygen atoms in total. The molecule has 1 rings (SSSR count). The minimum absolute atomic E-state index is 0.396. The lowest BCUT2D eigenvalue weighted by Crippen LogP contribution is -2.26. The maximum atomic E-state index is 11.6. The highest BCUT2D eigenvalue weighted by Gasteiger charge is 2.14. The summed E-state index contributed by atoms with van der Waals surface area (Å²) in [5, 5.41) is 3.91. The maximum absolute atomic E-state index is 11.6. The van der Waals surface area contributed by atoms with E-state index >= 15 is 0 Å². The van der Waals surface area contributed by atoms with Crippen LogP contribution >= 0.6 is 0 Å². The summed E-state index contributed by atoms with van der Waals surface area (Å²) in [5.74, 6) is -0.460. The van der Waals surface area contributed by atoms with Gasteiger partial charge in [0.2, 0.25) is 0 Å². The lowest BCUT2D eigenvalue weighted by atomic mass is 10.0. The molecule has 0 saturated carbocycles. The number of oxime groups is 1. The Morgan fingerprint density at radius 2 is 1.31 bits per heavy atom. The van der Waals surface area contributed by atoms with Gasteiger partial charge in [-0.15, -0.1) is 0 Å². The zero-order valence-electron chi connectivity index (χ0n) is 22.9. The fourth-order valence-corrected chi connectivity index (χ4v) is 4.14. The van der Waals surface area contributed by atoms with Crippen molar-refractivity contribution in [1.82, 2.24) is 4.90 Å². The van der Waals surface area contributed by atoms with Crippen molar-refractivity contribution in [1.29, 1.82) is 0 Å². The number of nitrogens with zero attached hydrogens (tertiary/aromatic N) is 2. The molecule has 0 amide bonds. The number of hydrogen-bond donors (Lipinski definition) is 0. The summed E-state index contributed by atoms with van der Waals surface area (Å²) in [6, 6.07) is 5.82. The van der Waals surface area contributed by atoms with Crippen LogP contribution in [0.2, 0.25) is 0 Å². The van der Waals surface area contributed by atoms with E-state index in [1.54, 1.807) is 6.92 Å². The molecule has 0 N–H and O–H groups in total. The second-order valence-electron chi connectivity index (χ2n) is 9.50. The van der Waals surface area contributed by atoms with E-state index in [0.29, 0.717) is 17.0 Å². The van der Waals surface area contributed by atoms with Crippen LogP contribution in [0.25, 0.3) is 0 Å². The molecule has 0 bridgehead atoms. The van der Waals surface area contributed by atoms with Gasteiger partial charge in [0.25, 0.3) is 0 Å². The molecule has 1 aromatic rings. The first-order valence-corrected chi connectivity index (χ1v) is 13.6. The normalized spacial score (nSPS) is 11.7. The van der Waals surface area contributed by atoms with Crippen LogP contribution in [0.15, 0.2) is 23.4 Å². The van der Waals surface area contributed by atoms with Crippen molar-refractivity contribution >= 4 is 17.7 Å². The van der Waals surface area contributed by atoms with E-state index in [1.807, 2.05) is 18.2 Å². The van der Waals surface area contributed by atoms with Crippen LogP contribution in [0.3, 0.4) is 0 Å². The van der Waals surface area contributed by atoms with Crippen molar-refractivity contribution in [3.05, 3.63) is 29.3 Å². The number of hydrogen-bond acceptors (Lipinski definition) is 6. The predicted octanol–water partition coefficient (Wildman–Crippen LogP) is 7.42. The molecule has 0 heterocycles. The molecule has 0 radical (unpaired) electrons. The Kier molecular flexibility index (Phi) is 16.8. The highest BCUT2D eigenvalue weighted by Crippen LogP contribution is 2.23. The molecule has 35 heavy (non-hydrogen) atoms. The molecule has 0 aliphatic carbocycles. The summed E-state index contributed by atoms with van der Waals surface area (Å²) in [5.41, 5.74) is 2.29. The van der Waals surface area contributed by atoms with Gasteiger partial charge >= 0.3 is 11.9 Å². The monoisotopic (exact) mass is 488 g/mol. The Hall–Kier alpha value is -2.21. The Balaban J connectivity index is 2.89. The van der Waals surface area contributed by atoms with Crippen LogP contribution in [0, 0.1) is 0 Å². The number of carbonyl (C=O) groups is 2. The minimum atomic E-state index is -0.487. The van der Waals surface area contributed by atoms with Gasteiger partial charge < -0.3 is 9.57 Å². The third-order valence-corrected chi connectivity index (χ3v) is 6.06. The largest absolute Gasteiger partial charge is 0.426 e. The number of unbranched alkanes of at least 4 members (excludes halogenated alkanes) is 10. The van der Waals surface area contributed by atoms with E-state index in [1.165, 1.54) is 90.9 Å². The highest BCUT2D eigenvalue weighted by molar-refractivity contribution is 6.01. The molecule has 1 aromatic carbocycles. The quantitative estimate of drug-likeness (QED) is 0.0506. The number of rotatable bonds is 19. The van der Waals surface area contributed by atoms with Crippen LogP contribution < -0.4 is 4.74 Å². The molecule has 0 aliphatic heterocycles. The van der Waals surface area contributed by atoms with Gasteiger partial charge in [0.1, 0.15) is 5.75 Å². The zero-order chi connectivity index (χ0) is 25.9. The van der Waals surface area contributed by atoms with Gasteiger partial charge in [0.05, 0.1) is 5.71 Å². The third-order valence-electron chi connectivity index (χ3n) is 6.06. The molecule has 0 spiro atoms. The standard InChI is InChI=1S/C29H48N2O4/c1-6-8-10-12-14-16-20-31(21-17-15-13-11-9-7-2)23-27-18-19-29(34-25(4)32)28(22-27)24(3)30-35-26(5)33/h18-19,22H,6-17,20-21,23H2,1-5H3/b30-24+. The van der Waals surface area contributed by atoms with Crippen molar-refractivity contribution in [3.8, 4) is 5.75 Å². The molecular formula is C29H48N2O4. The second kappa shape index (κ2) is 19.0. The summed E-state index contributed by atoms with van der Waals surface area (Å²) in [6.07, 6.45) is 15.5. The lowest BCUT2D eigenvalue weighted by Gasteiger charge is -2.23.